The molecule has 0 saturated heterocycles. The Morgan fingerprint density at radius 3 is 2.47 bits per heavy atom. The van der Waals surface area contributed by atoms with E-state index in [0.717, 1.165) is 5.92 Å². The summed E-state index contributed by atoms with van der Waals surface area (Å²) in [6.07, 6.45) is 14.2. The molecule has 2 aliphatic rings. The standard InChI is InChI=1S/C15H30N2/c1-16-15(9-3-2-4-10-15)11-13-17-12-5-6-14-7-8-14/h14,16-17H,2-13H2,1H3. The van der Waals surface area contributed by atoms with Crippen LogP contribution in [0.1, 0.15) is 64.2 Å². The zero-order valence-corrected chi connectivity index (χ0v) is 11.6. The van der Waals surface area contributed by atoms with Gasteiger partial charge in [0.05, 0.1) is 0 Å². The zero-order valence-electron chi connectivity index (χ0n) is 11.6. The Morgan fingerprint density at radius 1 is 1.06 bits per heavy atom. The number of rotatable bonds is 8. The van der Waals surface area contributed by atoms with Crippen LogP contribution in [-0.2, 0) is 0 Å². The lowest BCUT2D eigenvalue weighted by atomic mass is 9.79. The predicted octanol–water partition coefficient (Wildman–Crippen LogP) is 3.08. The van der Waals surface area contributed by atoms with Crippen molar-refractivity contribution in [1.82, 2.24) is 10.6 Å². The highest BCUT2D eigenvalue weighted by atomic mass is 15.0. The van der Waals surface area contributed by atoms with Crippen LogP contribution in [-0.4, -0.2) is 25.7 Å². The van der Waals surface area contributed by atoms with Gasteiger partial charge >= 0.3 is 0 Å². The van der Waals surface area contributed by atoms with Crippen molar-refractivity contribution in [1.29, 1.82) is 0 Å². The molecule has 0 unspecified atom stereocenters. The summed E-state index contributed by atoms with van der Waals surface area (Å²) in [6, 6.07) is 0. The number of nitrogens with one attached hydrogen (secondary N) is 2. The second-order valence-electron chi connectivity index (χ2n) is 6.18. The number of hydrogen-bond acceptors (Lipinski definition) is 2. The van der Waals surface area contributed by atoms with Gasteiger partial charge in [0.2, 0.25) is 0 Å². The number of hydrogen-bond donors (Lipinski definition) is 2. The van der Waals surface area contributed by atoms with E-state index >= 15 is 0 Å². The van der Waals surface area contributed by atoms with Gasteiger partial charge in [0.15, 0.2) is 0 Å². The normalized spacial score (nSPS) is 23.8. The molecule has 0 heterocycles. The molecule has 2 fully saturated rings. The Bertz CT molecular complexity index is 205. The van der Waals surface area contributed by atoms with Gasteiger partial charge in [0.1, 0.15) is 0 Å². The van der Waals surface area contributed by atoms with Crippen LogP contribution < -0.4 is 10.6 Å². The molecule has 0 bridgehead atoms. The summed E-state index contributed by atoms with van der Waals surface area (Å²) in [6.45, 7) is 2.43. The van der Waals surface area contributed by atoms with Gasteiger partial charge in [-0.05, 0) is 58.2 Å². The van der Waals surface area contributed by atoms with Crippen LogP contribution in [0.5, 0.6) is 0 Å². The minimum Gasteiger partial charge on any atom is -0.317 e. The average Bonchev–Trinajstić information content (AvgIpc) is 3.19. The molecule has 0 spiro atoms. The third-order valence-electron chi connectivity index (χ3n) is 4.78. The molecule has 0 atom stereocenters. The van der Waals surface area contributed by atoms with Crippen molar-refractivity contribution in [3.05, 3.63) is 0 Å². The van der Waals surface area contributed by atoms with Crippen LogP contribution >= 0.6 is 0 Å². The average molecular weight is 238 g/mol. The molecule has 2 rings (SSSR count). The van der Waals surface area contributed by atoms with Gasteiger partial charge in [-0.15, -0.1) is 0 Å². The van der Waals surface area contributed by atoms with Crippen molar-refractivity contribution in [3.63, 3.8) is 0 Å². The highest BCUT2D eigenvalue weighted by molar-refractivity contribution is 4.90. The molecule has 0 aromatic carbocycles. The van der Waals surface area contributed by atoms with E-state index in [1.165, 1.54) is 77.3 Å². The summed E-state index contributed by atoms with van der Waals surface area (Å²) in [5.74, 6) is 1.10. The van der Waals surface area contributed by atoms with Gasteiger partial charge < -0.3 is 10.6 Å². The van der Waals surface area contributed by atoms with Gasteiger partial charge in [0, 0.05) is 5.54 Å². The van der Waals surface area contributed by atoms with Crippen molar-refractivity contribution in [3.8, 4) is 0 Å². The summed E-state index contributed by atoms with van der Waals surface area (Å²) in [7, 11) is 2.15. The maximum Gasteiger partial charge on any atom is 0.0190 e. The fourth-order valence-corrected chi connectivity index (χ4v) is 3.23. The SMILES string of the molecule is CNC1(CCNCCCC2CC2)CCCCC1. The summed E-state index contributed by atoms with van der Waals surface area (Å²) in [4.78, 5) is 0. The minimum atomic E-state index is 0.460. The molecule has 100 valence electrons. The van der Waals surface area contributed by atoms with Gasteiger partial charge in [-0.25, -0.2) is 0 Å². The fourth-order valence-electron chi connectivity index (χ4n) is 3.23. The predicted molar refractivity (Wildman–Crippen MR) is 74.3 cm³/mol. The van der Waals surface area contributed by atoms with E-state index in [1.807, 2.05) is 0 Å². The van der Waals surface area contributed by atoms with Crippen molar-refractivity contribution >= 4 is 0 Å². The van der Waals surface area contributed by atoms with Crippen LogP contribution in [0.2, 0.25) is 0 Å². The first-order valence-corrected chi connectivity index (χ1v) is 7.74. The van der Waals surface area contributed by atoms with E-state index in [4.69, 9.17) is 0 Å². The molecule has 0 radical (unpaired) electrons. The monoisotopic (exact) mass is 238 g/mol. The molecular formula is C15H30N2. The second-order valence-corrected chi connectivity index (χ2v) is 6.18. The Kier molecular flexibility index (Phi) is 5.30. The molecule has 17 heavy (non-hydrogen) atoms. The summed E-state index contributed by atoms with van der Waals surface area (Å²) in [5.41, 5.74) is 0.460. The fraction of sp³-hybridized carbons (Fsp3) is 1.00. The molecule has 0 amide bonds. The van der Waals surface area contributed by atoms with Crippen LogP contribution in [0.4, 0.5) is 0 Å². The van der Waals surface area contributed by atoms with E-state index in [9.17, 15) is 0 Å². The van der Waals surface area contributed by atoms with E-state index < -0.39 is 0 Å². The lowest BCUT2D eigenvalue weighted by Crippen LogP contribution is -2.46. The Labute approximate surface area is 107 Å². The van der Waals surface area contributed by atoms with Gasteiger partial charge in [-0.2, -0.15) is 0 Å². The van der Waals surface area contributed by atoms with Crippen LogP contribution in [0.15, 0.2) is 0 Å². The van der Waals surface area contributed by atoms with E-state index in [2.05, 4.69) is 17.7 Å². The molecule has 2 N–H and O–H groups in total. The second kappa shape index (κ2) is 6.75. The first kappa shape index (κ1) is 13.4. The molecule has 0 aromatic heterocycles. The van der Waals surface area contributed by atoms with Crippen molar-refractivity contribution in [2.75, 3.05) is 20.1 Å². The van der Waals surface area contributed by atoms with E-state index in [1.54, 1.807) is 0 Å². The lowest BCUT2D eigenvalue weighted by molar-refractivity contribution is 0.228. The molecule has 0 aliphatic heterocycles. The van der Waals surface area contributed by atoms with Crippen LogP contribution in [0.3, 0.4) is 0 Å². The largest absolute Gasteiger partial charge is 0.317 e. The quantitative estimate of drug-likeness (QED) is 0.635. The molecule has 0 aromatic rings. The first-order chi connectivity index (χ1) is 8.35. The van der Waals surface area contributed by atoms with Crippen molar-refractivity contribution in [2.45, 2.75) is 69.7 Å². The molecule has 2 nitrogen and oxygen atoms in total. The van der Waals surface area contributed by atoms with E-state index in [0.29, 0.717) is 5.54 Å². The summed E-state index contributed by atoms with van der Waals surface area (Å²) >= 11 is 0. The van der Waals surface area contributed by atoms with E-state index in [-0.39, 0.29) is 0 Å². The van der Waals surface area contributed by atoms with Gasteiger partial charge in [0.25, 0.3) is 0 Å². The van der Waals surface area contributed by atoms with Crippen molar-refractivity contribution < 1.29 is 0 Å². The Hall–Kier alpha value is -0.0800. The third kappa shape index (κ3) is 4.59. The molecular weight excluding hydrogens is 208 g/mol. The Balaban J connectivity index is 1.52. The maximum atomic E-state index is 3.63. The first-order valence-electron chi connectivity index (χ1n) is 7.74. The molecule has 2 aliphatic carbocycles. The van der Waals surface area contributed by atoms with Crippen LogP contribution in [0.25, 0.3) is 0 Å². The topological polar surface area (TPSA) is 24.1 Å². The maximum absolute atomic E-state index is 3.63. The summed E-state index contributed by atoms with van der Waals surface area (Å²) in [5, 5.41) is 7.23. The summed E-state index contributed by atoms with van der Waals surface area (Å²) < 4.78 is 0. The highest BCUT2D eigenvalue weighted by Crippen LogP contribution is 2.33. The minimum absolute atomic E-state index is 0.460. The third-order valence-corrected chi connectivity index (χ3v) is 4.78. The van der Waals surface area contributed by atoms with Gasteiger partial charge in [-0.3, -0.25) is 0 Å². The Morgan fingerprint density at radius 2 is 1.82 bits per heavy atom. The zero-order chi connectivity index (χ0) is 12.0. The molecule has 2 heteroatoms. The van der Waals surface area contributed by atoms with Crippen LogP contribution in [0, 0.1) is 5.92 Å². The van der Waals surface area contributed by atoms with Gasteiger partial charge in [-0.1, -0.05) is 32.1 Å². The highest BCUT2D eigenvalue weighted by Gasteiger charge is 2.29. The van der Waals surface area contributed by atoms with Crippen molar-refractivity contribution in [2.24, 2.45) is 5.92 Å². The smallest absolute Gasteiger partial charge is 0.0190 e. The molecule has 2 saturated carbocycles. The lowest BCUT2D eigenvalue weighted by Gasteiger charge is -2.37.